The molecule has 1 N–H and O–H groups in total. The van der Waals surface area contributed by atoms with E-state index in [0.29, 0.717) is 38.1 Å². The zero-order valence-electron chi connectivity index (χ0n) is 15.8. The molecule has 0 aliphatic heterocycles. The summed E-state index contributed by atoms with van der Waals surface area (Å²) < 4.78 is 7.26. The number of benzene rings is 2. The number of hydrogen-bond acceptors (Lipinski definition) is 5. The fraction of sp³-hybridized carbons (Fsp3) is 0.0952. The van der Waals surface area contributed by atoms with E-state index in [9.17, 15) is 4.79 Å². The number of aryl methyl sites for hydroxylation is 1. The second kappa shape index (κ2) is 8.95. The molecule has 0 aliphatic carbocycles. The van der Waals surface area contributed by atoms with Gasteiger partial charge in [0.25, 0.3) is 0 Å². The predicted octanol–water partition coefficient (Wildman–Crippen LogP) is 5.83. The molecule has 0 saturated carbocycles. The molecule has 0 radical (unpaired) electrons. The normalized spacial score (nSPS) is 10.9. The van der Waals surface area contributed by atoms with Crippen LogP contribution in [0.15, 0.2) is 70.2 Å². The maximum absolute atomic E-state index is 12.7. The van der Waals surface area contributed by atoms with Gasteiger partial charge in [-0.1, -0.05) is 71.4 Å². The van der Waals surface area contributed by atoms with Gasteiger partial charge in [-0.15, -0.1) is 10.2 Å². The summed E-state index contributed by atoms with van der Waals surface area (Å²) in [4.78, 5) is 12.7. The Labute approximate surface area is 187 Å². The topological polar surface area (TPSA) is 73.0 Å². The summed E-state index contributed by atoms with van der Waals surface area (Å²) in [6, 6.07) is 18.5. The van der Waals surface area contributed by atoms with E-state index in [0.717, 1.165) is 5.56 Å². The molecule has 0 atom stereocenters. The first-order chi connectivity index (χ1) is 14.5. The molecule has 30 heavy (non-hydrogen) atoms. The summed E-state index contributed by atoms with van der Waals surface area (Å²) in [5.41, 5.74) is 4.54. The van der Waals surface area contributed by atoms with Crippen molar-refractivity contribution in [2.75, 3.05) is 5.43 Å². The van der Waals surface area contributed by atoms with Crippen molar-refractivity contribution in [3.63, 3.8) is 0 Å². The zero-order chi connectivity index (χ0) is 21.1. The van der Waals surface area contributed by atoms with Crippen LogP contribution in [0.25, 0.3) is 11.3 Å². The fourth-order valence-corrected chi connectivity index (χ4v) is 4.03. The van der Waals surface area contributed by atoms with Crippen LogP contribution in [-0.2, 0) is 5.75 Å². The van der Waals surface area contributed by atoms with Gasteiger partial charge in [-0.05, 0) is 36.8 Å². The Morgan fingerprint density at radius 3 is 2.67 bits per heavy atom. The van der Waals surface area contributed by atoms with Crippen LogP contribution in [0.2, 0.25) is 10.0 Å². The highest BCUT2D eigenvalue weighted by Gasteiger charge is 2.18. The van der Waals surface area contributed by atoms with E-state index in [1.54, 1.807) is 41.9 Å². The monoisotopic (exact) mass is 458 g/mol. The van der Waals surface area contributed by atoms with Gasteiger partial charge in [0.05, 0.1) is 10.0 Å². The Morgan fingerprint density at radius 2 is 1.87 bits per heavy atom. The van der Waals surface area contributed by atoms with E-state index in [2.05, 4.69) is 15.6 Å². The number of amides is 1. The van der Waals surface area contributed by atoms with E-state index in [-0.39, 0.29) is 5.76 Å². The molecule has 2 heterocycles. The van der Waals surface area contributed by atoms with E-state index >= 15 is 0 Å². The van der Waals surface area contributed by atoms with Gasteiger partial charge >= 0.3 is 5.91 Å². The number of carbonyl (C=O) groups is 1. The molecule has 0 unspecified atom stereocenters. The van der Waals surface area contributed by atoms with E-state index in [4.69, 9.17) is 27.6 Å². The number of halogens is 2. The summed E-state index contributed by atoms with van der Waals surface area (Å²) in [5, 5.41) is 9.58. The summed E-state index contributed by atoms with van der Waals surface area (Å²) in [7, 11) is 0. The number of nitrogens with one attached hydrogen (secondary N) is 1. The number of furan rings is 1. The first-order valence-electron chi connectivity index (χ1n) is 8.97. The van der Waals surface area contributed by atoms with Crippen molar-refractivity contribution in [1.29, 1.82) is 0 Å². The molecular weight excluding hydrogens is 443 g/mol. The highest BCUT2D eigenvalue weighted by Crippen LogP contribution is 2.34. The maximum Gasteiger partial charge on any atom is 0.305 e. The summed E-state index contributed by atoms with van der Waals surface area (Å²) in [6.07, 6.45) is 0. The Hall–Kier alpha value is -2.74. The molecule has 0 saturated heterocycles. The molecule has 152 valence electrons. The van der Waals surface area contributed by atoms with Crippen molar-refractivity contribution in [1.82, 2.24) is 14.9 Å². The van der Waals surface area contributed by atoms with Crippen LogP contribution < -0.4 is 5.43 Å². The van der Waals surface area contributed by atoms with Crippen molar-refractivity contribution in [2.24, 2.45) is 0 Å². The van der Waals surface area contributed by atoms with Crippen molar-refractivity contribution < 1.29 is 9.21 Å². The first-order valence-corrected chi connectivity index (χ1v) is 10.7. The quantitative estimate of drug-likeness (QED) is 0.368. The summed E-state index contributed by atoms with van der Waals surface area (Å²) in [6.45, 7) is 1.76. The predicted molar refractivity (Wildman–Crippen MR) is 119 cm³/mol. The van der Waals surface area contributed by atoms with Gasteiger partial charge in [-0.3, -0.25) is 10.2 Å². The molecule has 2 aromatic heterocycles. The third-order valence-corrected chi connectivity index (χ3v) is 6.09. The molecule has 0 bridgehead atoms. The van der Waals surface area contributed by atoms with Gasteiger partial charge in [-0.2, -0.15) is 0 Å². The minimum absolute atomic E-state index is 0.133. The van der Waals surface area contributed by atoms with E-state index in [1.165, 1.54) is 11.8 Å². The van der Waals surface area contributed by atoms with Crippen molar-refractivity contribution in [3.05, 3.63) is 87.9 Å². The Balaban J connectivity index is 1.50. The molecule has 6 nitrogen and oxygen atoms in total. The Bertz CT molecular complexity index is 1190. The van der Waals surface area contributed by atoms with Crippen LogP contribution in [0.4, 0.5) is 0 Å². The molecule has 4 rings (SSSR count). The second-order valence-electron chi connectivity index (χ2n) is 6.35. The highest BCUT2D eigenvalue weighted by molar-refractivity contribution is 7.98. The van der Waals surface area contributed by atoms with Crippen LogP contribution in [0.5, 0.6) is 0 Å². The summed E-state index contributed by atoms with van der Waals surface area (Å²) >= 11 is 13.8. The Kier molecular flexibility index (Phi) is 6.13. The fourth-order valence-electron chi connectivity index (χ4n) is 2.74. The van der Waals surface area contributed by atoms with Gasteiger partial charge < -0.3 is 4.42 Å². The lowest BCUT2D eigenvalue weighted by molar-refractivity contribution is 0.0980. The number of hydrogen-bond donors (Lipinski definition) is 1. The number of carbonyl (C=O) groups excluding carboxylic acids is 1. The highest BCUT2D eigenvalue weighted by atomic mass is 35.5. The lowest BCUT2D eigenvalue weighted by Crippen LogP contribution is -2.24. The molecule has 4 aromatic rings. The largest absolute Gasteiger partial charge is 0.451 e. The summed E-state index contributed by atoms with van der Waals surface area (Å²) in [5.74, 6) is 1.42. The lowest BCUT2D eigenvalue weighted by atomic mass is 10.2. The molecule has 9 heteroatoms. The average molecular weight is 459 g/mol. The van der Waals surface area contributed by atoms with E-state index in [1.807, 2.05) is 30.3 Å². The molecular formula is C21H16Cl2N4O2S. The minimum atomic E-state index is -0.427. The SMILES string of the molecule is Cc1nnc(SCc2ccccc2)n1NC(=O)c1ccc(-c2cccc(Cl)c2Cl)o1. The van der Waals surface area contributed by atoms with Crippen LogP contribution in [0.3, 0.4) is 0 Å². The van der Waals surface area contributed by atoms with Crippen molar-refractivity contribution in [2.45, 2.75) is 17.8 Å². The standard InChI is InChI=1S/C21H16Cl2N4O2S/c1-13-24-25-21(30-12-14-6-3-2-4-7-14)27(13)26-20(28)18-11-10-17(29-18)15-8-5-9-16(22)19(15)23/h2-11H,12H2,1H3,(H,26,28). The number of aromatic nitrogens is 3. The smallest absolute Gasteiger partial charge is 0.305 e. The van der Waals surface area contributed by atoms with Gasteiger partial charge in [0.2, 0.25) is 5.16 Å². The lowest BCUT2D eigenvalue weighted by Gasteiger charge is -2.09. The van der Waals surface area contributed by atoms with Gasteiger partial charge in [0, 0.05) is 11.3 Å². The van der Waals surface area contributed by atoms with Gasteiger partial charge in [0.15, 0.2) is 5.76 Å². The molecule has 0 spiro atoms. The van der Waals surface area contributed by atoms with Gasteiger partial charge in [0.1, 0.15) is 11.6 Å². The van der Waals surface area contributed by atoms with Crippen LogP contribution in [0.1, 0.15) is 21.9 Å². The number of thioether (sulfide) groups is 1. The molecule has 1 amide bonds. The van der Waals surface area contributed by atoms with Crippen molar-refractivity contribution in [3.8, 4) is 11.3 Å². The third-order valence-electron chi connectivity index (χ3n) is 4.27. The minimum Gasteiger partial charge on any atom is -0.451 e. The molecule has 2 aromatic carbocycles. The number of nitrogens with zero attached hydrogens (tertiary/aromatic N) is 3. The number of rotatable bonds is 6. The second-order valence-corrected chi connectivity index (χ2v) is 8.07. The zero-order valence-corrected chi connectivity index (χ0v) is 18.1. The first kappa shape index (κ1) is 20.5. The van der Waals surface area contributed by atoms with Crippen LogP contribution in [-0.4, -0.2) is 20.8 Å². The van der Waals surface area contributed by atoms with Crippen LogP contribution >= 0.6 is 35.0 Å². The molecule has 0 fully saturated rings. The Morgan fingerprint density at radius 1 is 1.07 bits per heavy atom. The van der Waals surface area contributed by atoms with Crippen molar-refractivity contribution >= 4 is 40.9 Å². The average Bonchev–Trinajstić information content (AvgIpc) is 3.37. The van der Waals surface area contributed by atoms with E-state index < -0.39 is 5.91 Å². The third kappa shape index (κ3) is 4.38. The van der Waals surface area contributed by atoms with Gasteiger partial charge in [-0.25, -0.2) is 4.68 Å². The maximum atomic E-state index is 12.7. The molecule has 0 aliphatic rings. The van der Waals surface area contributed by atoms with Crippen LogP contribution in [0, 0.1) is 6.92 Å².